The highest BCUT2D eigenvalue weighted by molar-refractivity contribution is 5.98. The summed E-state index contributed by atoms with van der Waals surface area (Å²) in [6.07, 6.45) is 0.720. The molecule has 0 bridgehead atoms. The number of nitrogens with zero attached hydrogens (tertiary/aromatic N) is 1. The Morgan fingerprint density at radius 3 is 2.00 bits per heavy atom. The number of carbonyl (C=O) groups is 1. The highest BCUT2D eigenvalue weighted by atomic mass is 16.1. The van der Waals surface area contributed by atoms with Crippen molar-refractivity contribution in [2.75, 3.05) is 14.1 Å². The van der Waals surface area contributed by atoms with E-state index >= 15 is 0 Å². The largest absolute Gasteiger partial charge is 0.306 e. The van der Waals surface area contributed by atoms with Crippen LogP contribution in [0.4, 0.5) is 0 Å². The predicted molar refractivity (Wildman–Crippen MR) is 113 cm³/mol. The second kappa shape index (κ2) is 8.79. The summed E-state index contributed by atoms with van der Waals surface area (Å²) in [7, 11) is 4.08. The molecule has 2 heteroatoms. The number of hydrogen-bond donors (Lipinski definition) is 0. The van der Waals surface area contributed by atoms with E-state index < -0.39 is 0 Å². The number of ketones is 1. The molecular weight excluding hydrogens is 330 g/mol. The number of carbonyl (C=O) groups excluding carboxylic acids is 1. The molecule has 0 amide bonds. The van der Waals surface area contributed by atoms with Crippen molar-refractivity contribution in [2.45, 2.75) is 19.4 Å². The normalized spacial score (nSPS) is 13.3. The van der Waals surface area contributed by atoms with Gasteiger partial charge in [0.2, 0.25) is 0 Å². The maximum Gasteiger partial charge on any atom is 0.167 e. The van der Waals surface area contributed by atoms with Crippen LogP contribution in [-0.2, 0) is 6.42 Å². The number of benzene rings is 3. The molecule has 0 radical (unpaired) electrons. The van der Waals surface area contributed by atoms with Crippen LogP contribution >= 0.6 is 0 Å². The number of hydrogen-bond acceptors (Lipinski definition) is 2. The van der Waals surface area contributed by atoms with Gasteiger partial charge >= 0.3 is 0 Å². The number of rotatable bonds is 7. The molecule has 2 nitrogen and oxygen atoms in total. The van der Waals surface area contributed by atoms with E-state index in [1.165, 1.54) is 16.7 Å². The van der Waals surface area contributed by atoms with Gasteiger partial charge in [-0.25, -0.2) is 0 Å². The zero-order valence-electron chi connectivity index (χ0n) is 16.3. The van der Waals surface area contributed by atoms with Crippen LogP contribution in [0.15, 0.2) is 84.9 Å². The summed E-state index contributed by atoms with van der Waals surface area (Å²) < 4.78 is 0. The lowest BCUT2D eigenvalue weighted by molar-refractivity contribution is 0.0846. The Morgan fingerprint density at radius 2 is 1.37 bits per heavy atom. The van der Waals surface area contributed by atoms with Gasteiger partial charge < -0.3 is 4.90 Å². The summed E-state index contributed by atoms with van der Waals surface area (Å²) >= 11 is 0. The Bertz CT molecular complexity index is 871. The third kappa shape index (κ3) is 4.53. The molecule has 0 heterocycles. The Labute approximate surface area is 162 Å². The van der Waals surface area contributed by atoms with E-state index in [0.717, 1.165) is 12.0 Å². The highest BCUT2D eigenvalue weighted by Crippen LogP contribution is 2.28. The van der Waals surface area contributed by atoms with Gasteiger partial charge in [-0.15, -0.1) is 0 Å². The summed E-state index contributed by atoms with van der Waals surface area (Å²) in [5, 5.41) is 0. The van der Waals surface area contributed by atoms with Crippen LogP contribution in [0.3, 0.4) is 0 Å². The van der Waals surface area contributed by atoms with Crippen molar-refractivity contribution in [2.24, 2.45) is 5.92 Å². The molecule has 0 aromatic heterocycles. The Morgan fingerprint density at radius 1 is 0.815 bits per heavy atom. The zero-order valence-corrected chi connectivity index (χ0v) is 16.3. The average molecular weight is 357 g/mol. The first kappa shape index (κ1) is 19.1. The van der Waals surface area contributed by atoms with Crippen LogP contribution in [0, 0.1) is 5.92 Å². The molecule has 2 atom stereocenters. The van der Waals surface area contributed by atoms with Gasteiger partial charge in [-0.2, -0.15) is 0 Å². The minimum absolute atomic E-state index is 0.104. The molecule has 0 N–H and O–H groups in total. The van der Waals surface area contributed by atoms with Crippen molar-refractivity contribution in [1.82, 2.24) is 4.90 Å². The molecule has 0 aliphatic carbocycles. The van der Waals surface area contributed by atoms with Crippen molar-refractivity contribution in [3.8, 4) is 11.1 Å². The second-order valence-corrected chi connectivity index (χ2v) is 7.27. The molecule has 3 rings (SSSR count). The van der Waals surface area contributed by atoms with Crippen LogP contribution in [0.5, 0.6) is 0 Å². The van der Waals surface area contributed by atoms with Gasteiger partial charge in [0, 0.05) is 17.5 Å². The Hall–Kier alpha value is -2.71. The minimum Gasteiger partial charge on any atom is -0.306 e. The maximum absolute atomic E-state index is 13.3. The molecule has 0 saturated carbocycles. The summed E-state index contributed by atoms with van der Waals surface area (Å²) in [6, 6.07) is 28.6. The Kier molecular flexibility index (Phi) is 6.20. The van der Waals surface area contributed by atoms with Crippen LogP contribution in [-0.4, -0.2) is 30.8 Å². The molecular formula is C25H27NO. The molecule has 3 aromatic carbocycles. The molecule has 0 aliphatic rings. The van der Waals surface area contributed by atoms with Crippen molar-refractivity contribution < 1.29 is 4.79 Å². The molecule has 3 aromatic rings. The van der Waals surface area contributed by atoms with E-state index in [9.17, 15) is 4.79 Å². The summed E-state index contributed by atoms with van der Waals surface area (Å²) in [6.45, 7) is 2.14. The third-order valence-corrected chi connectivity index (χ3v) is 5.33. The van der Waals surface area contributed by atoms with Crippen LogP contribution in [0.2, 0.25) is 0 Å². The molecule has 2 unspecified atom stereocenters. The monoisotopic (exact) mass is 357 g/mol. The first-order valence-corrected chi connectivity index (χ1v) is 9.47. The second-order valence-electron chi connectivity index (χ2n) is 7.27. The van der Waals surface area contributed by atoms with Crippen molar-refractivity contribution in [3.05, 3.63) is 96.1 Å². The molecule has 0 fully saturated rings. The van der Waals surface area contributed by atoms with Crippen LogP contribution < -0.4 is 0 Å². The fraction of sp³-hybridized carbons (Fsp3) is 0.240. The van der Waals surface area contributed by atoms with Gasteiger partial charge in [0.15, 0.2) is 5.78 Å². The zero-order chi connectivity index (χ0) is 19.2. The fourth-order valence-corrected chi connectivity index (χ4v) is 3.49. The van der Waals surface area contributed by atoms with E-state index in [1.807, 2.05) is 50.5 Å². The molecule has 0 spiro atoms. The van der Waals surface area contributed by atoms with Crippen LogP contribution in [0.25, 0.3) is 11.1 Å². The lowest BCUT2D eigenvalue weighted by Crippen LogP contribution is -2.38. The van der Waals surface area contributed by atoms with Gasteiger partial charge in [0.05, 0.1) is 0 Å². The molecule has 138 valence electrons. The van der Waals surface area contributed by atoms with Crippen molar-refractivity contribution >= 4 is 5.78 Å². The lowest BCUT2D eigenvalue weighted by atomic mass is 9.83. The van der Waals surface area contributed by atoms with E-state index in [4.69, 9.17) is 0 Å². The quantitative estimate of drug-likeness (QED) is 0.532. The maximum atomic E-state index is 13.3. The van der Waals surface area contributed by atoms with Gasteiger partial charge in [-0.1, -0.05) is 84.9 Å². The van der Waals surface area contributed by atoms with E-state index in [-0.39, 0.29) is 17.7 Å². The smallest absolute Gasteiger partial charge is 0.167 e. The standard InChI is InChI=1S/C25H27NO/c1-19(26(2)3)24(25(27)21-14-8-5-9-15-21)18-22-16-10-11-17-23(22)20-12-6-4-7-13-20/h4-17,19,24H,18H2,1-3H3. The first-order valence-electron chi connectivity index (χ1n) is 9.47. The van der Waals surface area contributed by atoms with Gasteiger partial charge in [0.25, 0.3) is 0 Å². The SMILES string of the molecule is CC(C(Cc1ccccc1-c1ccccc1)C(=O)c1ccccc1)N(C)C. The average Bonchev–Trinajstić information content (AvgIpc) is 2.72. The van der Waals surface area contributed by atoms with E-state index in [2.05, 4.69) is 60.4 Å². The first-order chi connectivity index (χ1) is 13.1. The summed E-state index contributed by atoms with van der Waals surface area (Å²) in [5.74, 6) is 0.104. The lowest BCUT2D eigenvalue weighted by Gasteiger charge is -2.29. The van der Waals surface area contributed by atoms with E-state index in [0.29, 0.717) is 0 Å². The fourth-order valence-electron chi connectivity index (χ4n) is 3.49. The topological polar surface area (TPSA) is 20.3 Å². The van der Waals surface area contributed by atoms with Crippen molar-refractivity contribution in [1.29, 1.82) is 0 Å². The molecule has 27 heavy (non-hydrogen) atoms. The van der Waals surface area contributed by atoms with Crippen LogP contribution in [0.1, 0.15) is 22.8 Å². The number of Topliss-reactive ketones (excluding diaryl/α,β-unsaturated/α-hetero) is 1. The van der Waals surface area contributed by atoms with Gasteiger partial charge in [0.1, 0.15) is 0 Å². The summed E-state index contributed by atoms with van der Waals surface area (Å²) in [5.41, 5.74) is 4.39. The van der Waals surface area contributed by atoms with Gasteiger partial charge in [-0.05, 0) is 44.1 Å². The predicted octanol–water partition coefficient (Wildman–Crippen LogP) is 5.35. The highest BCUT2D eigenvalue weighted by Gasteiger charge is 2.28. The minimum atomic E-state index is -0.104. The van der Waals surface area contributed by atoms with Gasteiger partial charge in [-0.3, -0.25) is 4.79 Å². The molecule has 0 saturated heterocycles. The van der Waals surface area contributed by atoms with E-state index in [1.54, 1.807) is 0 Å². The van der Waals surface area contributed by atoms with Crippen molar-refractivity contribution in [3.63, 3.8) is 0 Å². The Balaban J connectivity index is 1.97. The molecule has 0 aliphatic heterocycles. The third-order valence-electron chi connectivity index (χ3n) is 5.33. The summed E-state index contributed by atoms with van der Waals surface area (Å²) in [4.78, 5) is 15.5.